The minimum Gasteiger partial charge on any atom is -0.496 e. The molecule has 3 aromatic rings. The molecule has 2 heterocycles. The average molecular weight is 334 g/mol. The van der Waals surface area contributed by atoms with Crippen LogP contribution in [0.5, 0.6) is 5.75 Å². The first-order valence-corrected chi connectivity index (χ1v) is 7.04. The van der Waals surface area contributed by atoms with Gasteiger partial charge in [0.2, 0.25) is 0 Å². The number of halogens is 3. The second-order valence-corrected chi connectivity index (χ2v) is 5.29. The molecule has 0 atom stereocenters. The Bertz CT molecular complexity index is 929. The van der Waals surface area contributed by atoms with Crippen molar-refractivity contribution in [2.45, 2.75) is 13.1 Å². The molecule has 0 aliphatic heterocycles. The fourth-order valence-electron chi connectivity index (χ4n) is 2.58. The van der Waals surface area contributed by atoms with Crippen LogP contribution in [-0.2, 0) is 6.18 Å². The maximum atomic E-state index is 12.9. The molecule has 0 amide bonds. The van der Waals surface area contributed by atoms with E-state index in [2.05, 4.69) is 4.98 Å². The van der Waals surface area contributed by atoms with Crippen LogP contribution in [0.25, 0.3) is 16.9 Å². The second kappa shape index (κ2) is 5.67. The van der Waals surface area contributed by atoms with E-state index in [9.17, 15) is 18.0 Å². The zero-order chi connectivity index (χ0) is 17.5. The van der Waals surface area contributed by atoms with Crippen molar-refractivity contribution >= 4 is 11.9 Å². The molecule has 0 saturated carbocycles. The van der Waals surface area contributed by atoms with E-state index in [-0.39, 0.29) is 11.3 Å². The number of nitrogens with zero attached hydrogens (tertiary/aromatic N) is 2. The average Bonchev–Trinajstić information content (AvgIpc) is 2.91. The summed E-state index contributed by atoms with van der Waals surface area (Å²) in [4.78, 5) is 15.8. The van der Waals surface area contributed by atoms with Gasteiger partial charge in [-0.1, -0.05) is 0 Å². The third-order valence-electron chi connectivity index (χ3n) is 3.76. The van der Waals surface area contributed by atoms with Gasteiger partial charge in [-0.2, -0.15) is 13.2 Å². The summed E-state index contributed by atoms with van der Waals surface area (Å²) in [6, 6.07) is 7.41. The van der Waals surface area contributed by atoms with Gasteiger partial charge in [0.15, 0.2) is 6.29 Å². The number of hydrogen-bond acceptors (Lipinski definition) is 3. The third kappa shape index (κ3) is 2.62. The number of ether oxygens (including phenoxy) is 1. The molecule has 0 aliphatic rings. The molecule has 0 fully saturated rings. The van der Waals surface area contributed by atoms with Crippen LogP contribution in [0.3, 0.4) is 0 Å². The summed E-state index contributed by atoms with van der Waals surface area (Å²) in [5.41, 5.74) is 1.30. The summed E-state index contributed by atoms with van der Waals surface area (Å²) in [5, 5.41) is 0. The van der Waals surface area contributed by atoms with Crippen molar-refractivity contribution in [3.63, 3.8) is 0 Å². The highest BCUT2D eigenvalue weighted by molar-refractivity contribution is 5.86. The molecule has 0 bridgehead atoms. The smallest absolute Gasteiger partial charge is 0.417 e. The Morgan fingerprint density at radius 2 is 1.96 bits per heavy atom. The lowest BCUT2D eigenvalue weighted by molar-refractivity contribution is -0.137. The van der Waals surface area contributed by atoms with Gasteiger partial charge in [0.1, 0.15) is 22.8 Å². The monoisotopic (exact) mass is 334 g/mol. The number of fused-ring (bicyclic) bond motifs is 1. The Hall–Kier alpha value is -2.83. The van der Waals surface area contributed by atoms with Crippen molar-refractivity contribution < 1.29 is 22.7 Å². The van der Waals surface area contributed by atoms with Crippen LogP contribution in [0.1, 0.15) is 21.6 Å². The standard InChI is InChI=1S/C17H13F3N2O2/c1-10-7-11(3-5-14(10)24-2)16-13(9-23)22-8-12(17(18,19)20)4-6-15(22)21-16/h3-9H,1-2H3. The van der Waals surface area contributed by atoms with Gasteiger partial charge in [0.05, 0.1) is 12.7 Å². The number of aryl methyl sites for hydroxylation is 1. The van der Waals surface area contributed by atoms with Crippen molar-refractivity contribution in [2.24, 2.45) is 0 Å². The summed E-state index contributed by atoms with van der Waals surface area (Å²) >= 11 is 0. The van der Waals surface area contributed by atoms with E-state index in [0.29, 0.717) is 23.3 Å². The van der Waals surface area contributed by atoms with Gasteiger partial charge in [0.25, 0.3) is 0 Å². The fraction of sp³-hybridized carbons (Fsp3) is 0.176. The highest BCUT2D eigenvalue weighted by Gasteiger charge is 2.31. The molecule has 1 aromatic carbocycles. The number of carbonyl (C=O) groups excluding carboxylic acids is 1. The number of rotatable bonds is 3. The van der Waals surface area contributed by atoms with E-state index in [1.54, 1.807) is 25.3 Å². The Kier molecular flexibility index (Phi) is 3.79. The number of hydrogen-bond donors (Lipinski definition) is 0. The molecule has 0 saturated heterocycles. The minimum atomic E-state index is -4.49. The number of alkyl halides is 3. The van der Waals surface area contributed by atoms with Gasteiger partial charge >= 0.3 is 6.18 Å². The second-order valence-electron chi connectivity index (χ2n) is 5.29. The van der Waals surface area contributed by atoms with Crippen LogP contribution >= 0.6 is 0 Å². The molecule has 0 unspecified atom stereocenters. The Labute approximate surface area is 135 Å². The van der Waals surface area contributed by atoms with Gasteiger partial charge in [-0.3, -0.25) is 9.20 Å². The lowest BCUT2D eigenvalue weighted by Crippen LogP contribution is -2.06. The molecular weight excluding hydrogens is 321 g/mol. The van der Waals surface area contributed by atoms with Crippen molar-refractivity contribution in [3.05, 3.63) is 53.3 Å². The van der Waals surface area contributed by atoms with Crippen LogP contribution in [0, 0.1) is 6.92 Å². The highest BCUT2D eigenvalue weighted by Crippen LogP contribution is 2.32. The number of imidazole rings is 1. The number of pyridine rings is 1. The van der Waals surface area contributed by atoms with Gasteiger partial charge in [0, 0.05) is 11.8 Å². The van der Waals surface area contributed by atoms with E-state index in [0.717, 1.165) is 22.2 Å². The van der Waals surface area contributed by atoms with Crippen LogP contribution in [0.15, 0.2) is 36.5 Å². The fourth-order valence-corrected chi connectivity index (χ4v) is 2.58. The zero-order valence-electron chi connectivity index (χ0n) is 12.9. The first-order valence-electron chi connectivity index (χ1n) is 7.04. The molecule has 24 heavy (non-hydrogen) atoms. The summed E-state index contributed by atoms with van der Waals surface area (Å²) < 4.78 is 45.0. The van der Waals surface area contributed by atoms with E-state index >= 15 is 0 Å². The van der Waals surface area contributed by atoms with Gasteiger partial charge in [-0.05, 0) is 42.8 Å². The zero-order valence-corrected chi connectivity index (χ0v) is 12.9. The van der Waals surface area contributed by atoms with Gasteiger partial charge < -0.3 is 4.74 Å². The minimum absolute atomic E-state index is 0.0701. The number of benzene rings is 1. The van der Waals surface area contributed by atoms with E-state index in [1.807, 2.05) is 6.92 Å². The molecule has 0 N–H and O–H groups in total. The van der Waals surface area contributed by atoms with Crippen LogP contribution in [0.2, 0.25) is 0 Å². The van der Waals surface area contributed by atoms with E-state index in [1.165, 1.54) is 6.07 Å². The van der Waals surface area contributed by atoms with Crippen LogP contribution < -0.4 is 4.74 Å². The lowest BCUT2D eigenvalue weighted by Gasteiger charge is -2.07. The molecular formula is C17H13F3N2O2. The number of aromatic nitrogens is 2. The molecule has 3 rings (SSSR count). The van der Waals surface area contributed by atoms with Crippen LogP contribution in [0.4, 0.5) is 13.2 Å². The largest absolute Gasteiger partial charge is 0.496 e. The molecule has 4 nitrogen and oxygen atoms in total. The predicted octanol–water partition coefficient (Wildman–Crippen LogP) is 4.15. The Morgan fingerprint density at radius 3 is 2.54 bits per heavy atom. The summed E-state index contributed by atoms with van der Waals surface area (Å²) in [6.07, 6.45) is -3.10. The van der Waals surface area contributed by atoms with E-state index < -0.39 is 11.7 Å². The van der Waals surface area contributed by atoms with Crippen molar-refractivity contribution in [1.82, 2.24) is 9.38 Å². The van der Waals surface area contributed by atoms with Crippen molar-refractivity contribution in [3.8, 4) is 17.0 Å². The van der Waals surface area contributed by atoms with Crippen molar-refractivity contribution in [1.29, 1.82) is 0 Å². The highest BCUT2D eigenvalue weighted by atomic mass is 19.4. The lowest BCUT2D eigenvalue weighted by atomic mass is 10.1. The van der Waals surface area contributed by atoms with Crippen LogP contribution in [-0.4, -0.2) is 22.8 Å². The first-order chi connectivity index (χ1) is 11.3. The molecule has 124 valence electrons. The summed E-state index contributed by atoms with van der Waals surface area (Å²) in [6.45, 7) is 1.83. The molecule has 7 heteroatoms. The first kappa shape index (κ1) is 16.0. The Morgan fingerprint density at radius 1 is 1.21 bits per heavy atom. The maximum absolute atomic E-state index is 12.9. The molecule has 0 spiro atoms. The molecule has 0 aliphatic carbocycles. The molecule has 0 radical (unpaired) electrons. The number of aldehydes is 1. The predicted molar refractivity (Wildman–Crippen MR) is 82.3 cm³/mol. The number of carbonyl (C=O) groups is 1. The third-order valence-corrected chi connectivity index (χ3v) is 3.76. The molecule has 2 aromatic heterocycles. The normalized spacial score (nSPS) is 11.7. The van der Waals surface area contributed by atoms with Crippen molar-refractivity contribution in [2.75, 3.05) is 7.11 Å². The number of methoxy groups -OCH3 is 1. The summed E-state index contributed by atoms with van der Waals surface area (Å²) in [5.74, 6) is 0.675. The van der Waals surface area contributed by atoms with E-state index in [4.69, 9.17) is 4.74 Å². The Balaban J connectivity index is 2.22. The van der Waals surface area contributed by atoms with Gasteiger partial charge in [-0.15, -0.1) is 0 Å². The van der Waals surface area contributed by atoms with Gasteiger partial charge in [-0.25, -0.2) is 4.98 Å². The maximum Gasteiger partial charge on any atom is 0.417 e. The summed E-state index contributed by atoms with van der Waals surface area (Å²) in [7, 11) is 1.54. The topological polar surface area (TPSA) is 43.6 Å². The quantitative estimate of drug-likeness (QED) is 0.676. The SMILES string of the molecule is COc1ccc(-c2nc3ccc(C(F)(F)F)cn3c2C=O)cc1C.